The van der Waals surface area contributed by atoms with E-state index in [1.807, 2.05) is 6.92 Å². The van der Waals surface area contributed by atoms with Crippen LogP contribution in [0.3, 0.4) is 0 Å². The number of H-pyrrole nitrogens is 1. The summed E-state index contributed by atoms with van der Waals surface area (Å²) in [4.78, 5) is 13.4. The maximum atomic E-state index is 11.8. The summed E-state index contributed by atoms with van der Waals surface area (Å²) in [5, 5.41) is 6.55. The van der Waals surface area contributed by atoms with E-state index in [1.54, 1.807) is 14.0 Å². The first-order chi connectivity index (χ1) is 6.93. The van der Waals surface area contributed by atoms with Gasteiger partial charge in [0.05, 0.1) is 11.4 Å². The SMILES string of the molecule is C=C(C)CN(C)C(=O)c1n[nH]c(C)c1N. The molecule has 0 unspecified atom stereocenters. The smallest absolute Gasteiger partial charge is 0.276 e. The first kappa shape index (κ1) is 11.3. The van der Waals surface area contributed by atoms with Crippen molar-refractivity contribution in [2.24, 2.45) is 0 Å². The number of aryl methyl sites for hydroxylation is 1. The van der Waals surface area contributed by atoms with E-state index in [1.165, 1.54) is 4.90 Å². The zero-order valence-electron chi connectivity index (χ0n) is 9.29. The van der Waals surface area contributed by atoms with E-state index in [0.29, 0.717) is 17.9 Å². The number of hydrogen-bond donors (Lipinski definition) is 2. The Hall–Kier alpha value is -1.78. The molecule has 1 amide bonds. The van der Waals surface area contributed by atoms with Crippen molar-refractivity contribution in [3.05, 3.63) is 23.5 Å². The maximum absolute atomic E-state index is 11.8. The van der Waals surface area contributed by atoms with Crippen LogP contribution in [0.25, 0.3) is 0 Å². The molecular formula is C10H16N4O. The van der Waals surface area contributed by atoms with Crippen molar-refractivity contribution in [2.45, 2.75) is 13.8 Å². The van der Waals surface area contributed by atoms with Crippen molar-refractivity contribution < 1.29 is 4.79 Å². The highest BCUT2D eigenvalue weighted by atomic mass is 16.2. The zero-order chi connectivity index (χ0) is 11.6. The van der Waals surface area contributed by atoms with E-state index in [0.717, 1.165) is 5.57 Å². The second-order valence-electron chi connectivity index (χ2n) is 3.73. The van der Waals surface area contributed by atoms with E-state index in [4.69, 9.17) is 5.73 Å². The molecule has 1 aromatic heterocycles. The van der Waals surface area contributed by atoms with E-state index >= 15 is 0 Å². The minimum absolute atomic E-state index is 0.195. The Morgan fingerprint density at radius 3 is 2.67 bits per heavy atom. The molecular weight excluding hydrogens is 192 g/mol. The fourth-order valence-electron chi connectivity index (χ4n) is 1.26. The number of carbonyl (C=O) groups is 1. The molecule has 0 bridgehead atoms. The molecule has 0 spiro atoms. The number of nitrogens with two attached hydrogens (primary N) is 1. The van der Waals surface area contributed by atoms with Gasteiger partial charge in [0.15, 0.2) is 5.69 Å². The predicted molar refractivity (Wildman–Crippen MR) is 59.5 cm³/mol. The quantitative estimate of drug-likeness (QED) is 0.726. The number of hydrogen-bond acceptors (Lipinski definition) is 3. The summed E-state index contributed by atoms with van der Waals surface area (Å²) in [6, 6.07) is 0. The third-order valence-electron chi connectivity index (χ3n) is 2.05. The lowest BCUT2D eigenvalue weighted by Gasteiger charge is -2.15. The van der Waals surface area contributed by atoms with Crippen molar-refractivity contribution in [3.8, 4) is 0 Å². The van der Waals surface area contributed by atoms with Crippen LogP contribution in [-0.4, -0.2) is 34.6 Å². The monoisotopic (exact) mass is 208 g/mol. The minimum Gasteiger partial charge on any atom is -0.395 e. The standard InChI is InChI=1S/C10H16N4O/c1-6(2)5-14(4)10(15)9-8(11)7(3)12-13-9/h1,5,11H2,2-4H3,(H,12,13). The zero-order valence-corrected chi connectivity index (χ0v) is 9.29. The van der Waals surface area contributed by atoms with E-state index in [9.17, 15) is 4.79 Å². The molecule has 0 aliphatic heterocycles. The van der Waals surface area contributed by atoms with Crippen molar-refractivity contribution >= 4 is 11.6 Å². The van der Waals surface area contributed by atoms with Crippen molar-refractivity contribution in [1.29, 1.82) is 0 Å². The fraction of sp³-hybridized carbons (Fsp3) is 0.400. The molecule has 0 saturated heterocycles. The summed E-state index contributed by atoms with van der Waals surface area (Å²) < 4.78 is 0. The molecule has 1 heterocycles. The van der Waals surface area contributed by atoms with Gasteiger partial charge in [0.1, 0.15) is 0 Å². The highest BCUT2D eigenvalue weighted by Crippen LogP contribution is 2.14. The summed E-state index contributed by atoms with van der Waals surface area (Å²) in [5.74, 6) is -0.195. The van der Waals surface area contributed by atoms with Gasteiger partial charge in [0.2, 0.25) is 0 Å². The van der Waals surface area contributed by atoms with Crippen molar-refractivity contribution in [3.63, 3.8) is 0 Å². The number of aromatic nitrogens is 2. The van der Waals surface area contributed by atoms with E-state index in [2.05, 4.69) is 16.8 Å². The van der Waals surface area contributed by atoms with Crippen LogP contribution in [0.2, 0.25) is 0 Å². The average molecular weight is 208 g/mol. The van der Waals surface area contributed by atoms with E-state index < -0.39 is 0 Å². The molecule has 0 atom stereocenters. The second kappa shape index (κ2) is 4.16. The van der Waals surface area contributed by atoms with Crippen LogP contribution in [0.4, 0.5) is 5.69 Å². The molecule has 0 fully saturated rings. The maximum Gasteiger partial charge on any atom is 0.276 e. The van der Waals surface area contributed by atoms with Crippen LogP contribution in [0.15, 0.2) is 12.2 Å². The Morgan fingerprint density at radius 1 is 1.67 bits per heavy atom. The number of rotatable bonds is 3. The highest BCUT2D eigenvalue weighted by molar-refractivity contribution is 5.97. The normalized spacial score (nSPS) is 10.1. The average Bonchev–Trinajstić information content (AvgIpc) is 2.45. The van der Waals surface area contributed by atoms with Gasteiger partial charge in [-0.1, -0.05) is 12.2 Å². The molecule has 5 heteroatoms. The molecule has 0 aromatic carbocycles. The minimum atomic E-state index is -0.195. The number of amides is 1. The molecule has 0 saturated carbocycles. The Labute approximate surface area is 89.0 Å². The number of anilines is 1. The van der Waals surface area contributed by atoms with Gasteiger partial charge in [-0.25, -0.2) is 0 Å². The van der Waals surface area contributed by atoms with Crippen LogP contribution in [0.1, 0.15) is 23.1 Å². The lowest BCUT2D eigenvalue weighted by Crippen LogP contribution is -2.29. The van der Waals surface area contributed by atoms with Gasteiger partial charge in [-0.15, -0.1) is 0 Å². The summed E-state index contributed by atoms with van der Waals surface area (Å²) in [5.41, 5.74) is 8.02. The largest absolute Gasteiger partial charge is 0.395 e. The summed E-state index contributed by atoms with van der Waals surface area (Å²) >= 11 is 0. The molecule has 82 valence electrons. The summed E-state index contributed by atoms with van der Waals surface area (Å²) in [6.45, 7) is 7.89. The number of nitrogens with one attached hydrogen (secondary N) is 1. The molecule has 0 radical (unpaired) electrons. The Balaban J connectivity index is 2.85. The van der Waals surface area contributed by atoms with Gasteiger partial charge in [0, 0.05) is 13.6 Å². The summed E-state index contributed by atoms with van der Waals surface area (Å²) in [6.07, 6.45) is 0. The number of nitrogens with zero attached hydrogens (tertiary/aromatic N) is 2. The van der Waals surface area contributed by atoms with Gasteiger partial charge in [-0.05, 0) is 13.8 Å². The lowest BCUT2D eigenvalue weighted by molar-refractivity contribution is 0.0802. The fourth-order valence-corrected chi connectivity index (χ4v) is 1.26. The summed E-state index contributed by atoms with van der Waals surface area (Å²) in [7, 11) is 1.69. The van der Waals surface area contributed by atoms with Crippen molar-refractivity contribution in [2.75, 3.05) is 19.3 Å². The Morgan fingerprint density at radius 2 is 2.27 bits per heavy atom. The lowest BCUT2D eigenvalue weighted by atomic mass is 10.2. The molecule has 1 rings (SSSR count). The van der Waals surface area contributed by atoms with Crippen molar-refractivity contribution in [1.82, 2.24) is 15.1 Å². The first-order valence-electron chi connectivity index (χ1n) is 4.63. The highest BCUT2D eigenvalue weighted by Gasteiger charge is 2.18. The van der Waals surface area contributed by atoms with Crippen LogP contribution < -0.4 is 5.73 Å². The molecule has 1 aromatic rings. The van der Waals surface area contributed by atoms with Crippen LogP contribution in [-0.2, 0) is 0 Å². The number of nitrogen functional groups attached to an aromatic ring is 1. The number of carbonyl (C=O) groups excluding carboxylic acids is 1. The molecule has 3 N–H and O–H groups in total. The molecule has 0 aliphatic carbocycles. The van der Waals surface area contributed by atoms with Crippen LogP contribution in [0.5, 0.6) is 0 Å². The first-order valence-corrected chi connectivity index (χ1v) is 4.63. The molecule has 15 heavy (non-hydrogen) atoms. The van der Waals surface area contributed by atoms with Gasteiger partial charge in [-0.3, -0.25) is 9.89 Å². The number of aromatic amines is 1. The van der Waals surface area contributed by atoms with Crippen LogP contribution in [0, 0.1) is 6.92 Å². The van der Waals surface area contributed by atoms with Gasteiger partial charge >= 0.3 is 0 Å². The van der Waals surface area contributed by atoms with E-state index in [-0.39, 0.29) is 11.6 Å². The molecule has 0 aliphatic rings. The Bertz CT molecular complexity index is 394. The third kappa shape index (κ3) is 2.37. The van der Waals surface area contributed by atoms with Gasteiger partial charge < -0.3 is 10.6 Å². The molecule has 5 nitrogen and oxygen atoms in total. The third-order valence-corrected chi connectivity index (χ3v) is 2.05. The van der Waals surface area contributed by atoms with Crippen LogP contribution >= 0.6 is 0 Å². The Kier molecular flexibility index (Phi) is 3.14. The second-order valence-corrected chi connectivity index (χ2v) is 3.73. The van der Waals surface area contributed by atoms with Gasteiger partial charge in [-0.2, -0.15) is 5.10 Å². The predicted octanol–water partition coefficient (Wildman–Crippen LogP) is 0.948. The van der Waals surface area contributed by atoms with Gasteiger partial charge in [0.25, 0.3) is 5.91 Å². The number of likely N-dealkylation sites (N-methyl/N-ethyl adjacent to an activating group) is 1. The topological polar surface area (TPSA) is 75.0 Å².